The Morgan fingerprint density at radius 1 is 0.484 bits per heavy atom. The van der Waals surface area contributed by atoms with Crippen molar-refractivity contribution in [2.24, 2.45) is 5.41 Å². The van der Waals surface area contributed by atoms with Gasteiger partial charge in [-0.15, -0.1) is 0 Å². The van der Waals surface area contributed by atoms with Gasteiger partial charge in [0.1, 0.15) is 5.57 Å². The molecule has 0 saturated carbocycles. The van der Waals surface area contributed by atoms with Crippen LogP contribution in [0.2, 0.25) is 0 Å². The molecular formula is C11F20. The van der Waals surface area contributed by atoms with Crippen LogP contribution in [0.3, 0.4) is 0 Å². The van der Waals surface area contributed by atoms with Gasteiger partial charge in [-0.3, -0.25) is 0 Å². The maximum atomic E-state index is 14.5. The van der Waals surface area contributed by atoms with Gasteiger partial charge in [0.25, 0.3) is 5.67 Å². The zero-order valence-corrected chi connectivity index (χ0v) is 13.1. The van der Waals surface area contributed by atoms with Crippen molar-refractivity contribution in [3.8, 4) is 0 Å². The molecule has 0 amide bonds. The van der Waals surface area contributed by atoms with Crippen LogP contribution in [0.1, 0.15) is 0 Å². The van der Waals surface area contributed by atoms with Crippen molar-refractivity contribution >= 4 is 0 Å². The number of hydrogen-bond acceptors (Lipinski definition) is 0. The van der Waals surface area contributed by atoms with Crippen LogP contribution in [0.15, 0.2) is 11.4 Å². The molecule has 0 radical (unpaired) electrons. The van der Waals surface area contributed by atoms with E-state index >= 15 is 0 Å². The highest BCUT2D eigenvalue weighted by Crippen LogP contribution is 2.77. The molecular weight excluding hydrogens is 512 g/mol. The van der Waals surface area contributed by atoms with Crippen LogP contribution in [-0.4, -0.2) is 48.1 Å². The Balaban J connectivity index is 4.57. The second-order valence-electron chi connectivity index (χ2n) is 5.81. The summed E-state index contributed by atoms with van der Waals surface area (Å²) in [6.07, 6.45) is -33.7. The lowest BCUT2D eigenvalue weighted by Crippen LogP contribution is -2.84. The molecule has 0 aromatic heterocycles. The van der Waals surface area contributed by atoms with Crippen LogP contribution < -0.4 is 0 Å². The van der Waals surface area contributed by atoms with Gasteiger partial charge in [0, 0.05) is 0 Å². The zero-order chi connectivity index (χ0) is 25.7. The standard InChI is InChI=1S/C11F20/c12-2-1(5(17,18)19)3(13,14)8(21,22)7(20,4(2,15)16)6(9(23,24)25,10(26,27)28)11(29,30)31. The lowest BCUT2D eigenvalue weighted by Gasteiger charge is -2.55. The lowest BCUT2D eigenvalue weighted by atomic mass is 9.59. The molecule has 0 nitrogen and oxygen atoms in total. The average Bonchev–Trinajstić information content (AvgIpc) is 2.38. The Morgan fingerprint density at radius 2 is 0.774 bits per heavy atom. The Labute approximate surface area is 154 Å². The third kappa shape index (κ3) is 2.83. The molecule has 1 aliphatic carbocycles. The van der Waals surface area contributed by atoms with E-state index in [2.05, 4.69) is 0 Å². The first kappa shape index (κ1) is 27.4. The first-order valence-electron chi connectivity index (χ1n) is 6.53. The summed E-state index contributed by atoms with van der Waals surface area (Å²) in [6.45, 7) is 0. The van der Waals surface area contributed by atoms with Crippen molar-refractivity contribution in [3.05, 3.63) is 11.4 Å². The predicted molar refractivity (Wildman–Crippen MR) is 53.5 cm³/mol. The summed E-state index contributed by atoms with van der Waals surface area (Å²) in [5, 5.41) is 0. The first-order chi connectivity index (χ1) is 13.0. The van der Waals surface area contributed by atoms with Gasteiger partial charge in [-0.1, -0.05) is 0 Å². The van der Waals surface area contributed by atoms with Crippen molar-refractivity contribution in [2.75, 3.05) is 0 Å². The monoisotopic (exact) mass is 512 g/mol. The molecule has 1 rings (SSSR count). The second kappa shape index (κ2) is 6.22. The van der Waals surface area contributed by atoms with Gasteiger partial charge >= 0.3 is 47.9 Å². The van der Waals surface area contributed by atoms with Crippen molar-refractivity contribution in [3.63, 3.8) is 0 Å². The maximum Gasteiger partial charge on any atom is 0.421 e. The van der Waals surface area contributed by atoms with Crippen molar-refractivity contribution in [1.29, 1.82) is 0 Å². The smallest absolute Gasteiger partial charge is 0.228 e. The maximum absolute atomic E-state index is 14.5. The summed E-state index contributed by atoms with van der Waals surface area (Å²) in [7, 11) is 0. The van der Waals surface area contributed by atoms with Gasteiger partial charge in [-0.05, 0) is 0 Å². The summed E-state index contributed by atoms with van der Waals surface area (Å²) in [5.41, 5.74) is -23.5. The normalized spacial score (nSPS) is 27.5. The van der Waals surface area contributed by atoms with Gasteiger partial charge < -0.3 is 0 Å². The molecule has 1 atom stereocenters. The Kier molecular flexibility index (Phi) is 5.50. The highest BCUT2D eigenvalue weighted by atomic mass is 19.4. The van der Waals surface area contributed by atoms with Crippen LogP contribution in [-0.2, 0) is 0 Å². The fraction of sp³-hybridized carbons (Fsp3) is 0.818. The number of halogens is 20. The van der Waals surface area contributed by atoms with Gasteiger partial charge in [0.05, 0.1) is 0 Å². The van der Waals surface area contributed by atoms with E-state index in [-0.39, 0.29) is 0 Å². The molecule has 31 heavy (non-hydrogen) atoms. The Hall–Kier alpha value is -1.66. The molecule has 0 aromatic rings. The van der Waals surface area contributed by atoms with Crippen molar-refractivity contribution in [1.82, 2.24) is 0 Å². The van der Waals surface area contributed by atoms with Crippen LogP contribution in [0.25, 0.3) is 0 Å². The Morgan fingerprint density at radius 3 is 1.00 bits per heavy atom. The third-order valence-electron chi connectivity index (χ3n) is 4.14. The summed E-state index contributed by atoms with van der Waals surface area (Å²) in [6, 6.07) is 0. The molecule has 1 unspecified atom stereocenters. The summed E-state index contributed by atoms with van der Waals surface area (Å²) in [5.74, 6) is -30.8. The summed E-state index contributed by atoms with van der Waals surface area (Å²) >= 11 is 0. The van der Waals surface area contributed by atoms with Gasteiger partial charge in [-0.2, -0.15) is 79.0 Å². The van der Waals surface area contributed by atoms with Crippen molar-refractivity contribution < 1.29 is 87.8 Å². The molecule has 0 spiro atoms. The minimum absolute atomic E-state index is 5.18. The fourth-order valence-corrected chi connectivity index (χ4v) is 2.86. The molecule has 0 bridgehead atoms. The molecule has 0 fully saturated rings. The molecule has 1 aliphatic rings. The Bertz CT molecular complexity index is 716. The van der Waals surface area contributed by atoms with Gasteiger partial charge in [0.2, 0.25) is 0 Å². The van der Waals surface area contributed by atoms with E-state index in [0.29, 0.717) is 0 Å². The second-order valence-corrected chi connectivity index (χ2v) is 5.81. The largest absolute Gasteiger partial charge is 0.421 e. The SMILES string of the molecule is FC1=C(C(F)(F)F)C(F)(F)C(F)(F)C(F)(C(C(F)(F)F)(C(F)(F)F)C(F)(F)F)C1(F)F. The molecule has 0 aliphatic heterocycles. The predicted octanol–water partition coefficient (Wildman–Crippen LogP) is 7.07. The molecule has 184 valence electrons. The highest BCUT2D eigenvalue weighted by molar-refractivity contribution is 5.43. The van der Waals surface area contributed by atoms with E-state index in [1.165, 1.54) is 0 Å². The van der Waals surface area contributed by atoms with Gasteiger partial charge in [0.15, 0.2) is 5.83 Å². The summed E-state index contributed by atoms with van der Waals surface area (Å²) in [4.78, 5) is 0. The number of rotatable bonds is 1. The topological polar surface area (TPSA) is 0 Å². The third-order valence-corrected chi connectivity index (χ3v) is 4.14. The molecule has 0 saturated heterocycles. The van der Waals surface area contributed by atoms with Crippen LogP contribution in [0.4, 0.5) is 87.8 Å². The molecule has 20 heteroatoms. The van der Waals surface area contributed by atoms with Gasteiger partial charge in [-0.25, -0.2) is 8.78 Å². The number of allylic oxidation sites excluding steroid dienone is 2. The highest BCUT2D eigenvalue weighted by Gasteiger charge is 3.05. The quantitative estimate of drug-likeness (QED) is 0.330. The minimum atomic E-state index is -9.20. The van der Waals surface area contributed by atoms with E-state index in [0.717, 1.165) is 0 Å². The van der Waals surface area contributed by atoms with E-state index in [1.54, 1.807) is 0 Å². The van der Waals surface area contributed by atoms with E-state index < -0.39 is 65.0 Å². The van der Waals surface area contributed by atoms with E-state index in [1.807, 2.05) is 0 Å². The number of alkyl halides is 19. The van der Waals surface area contributed by atoms with E-state index in [9.17, 15) is 87.8 Å². The molecule has 0 N–H and O–H groups in total. The van der Waals surface area contributed by atoms with E-state index in [4.69, 9.17) is 0 Å². The molecule has 0 aromatic carbocycles. The van der Waals surface area contributed by atoms with Crippen LogP contribution >= 0.6 is 0 Å². The number of hydrogen-bond donors (Lipinski definition) is 0. The van der Waals surface area contributed by atoms with Crippen molar-refractivity contribution in [2.45, 2.75) is 48.1 Å². The summed E-state index contributed by atoms with van der Waals surface area (Å²) < 4.78 is 263. The van der Waals surface area contributed by atoms with Crippen LogP contribution in [0, 0.1) is 5.41 Å². The lowest BCUT2D eigenvalue weighted by molar-refractivity contribution is -0.507. The zero-order valence-electron chi connectivity index (χ0n) is 13.1. The minimum Gasteiger partial charge on any atom is -0.228 e. The van der Waals surface area contributed by atoms with Crippen LogP contribution in [0.5, 0.6) is 0 Å². The average molecular weight is 512 g/mol. The molecule has 0 heterocycles. The fourth-order valence-electron chi connectivity index (χ4n) is 2.86. The first-order valence-corrected chi connectivity index (χ1v) is 6.53.